The molecule has 1 aliphatic heterocycles. The predicted molar refractivity (Wildman–Crippen MR) is 120 cm³/mol. The molecule has 12 heteroatoms. The van der Waals surface area contributed by atoms with E-state index in [4.69, 9.17) is 9.88 Å². The molecule has 0 bridgehead atoms. The highest BCUT2D eigenvalue weighted by molar-refractivity contribution is 8.15. The van der Waals surface area contributed by atoms with Crippen LogP contribution < -0.4 is 15.8 Å². The number of carbonyl (C=O) groups is 3. The molecule has 0 spiro atoms. The minimum atomic E-state index is -3.80. The molecular weight excluding hydrogens is 456 g/mol. The van der Waals surface area contributed by atoms with Crippen molar-refractivity contribution in [1.29, 1.82) is 0 Å². The summed E-state index contributed by atoms with van der Waals surface area (Å²) in [6, 6.07) is 11.8. The number of hydrogen-bond donors (Lipinski definition) is 3. The van der Waals surface area contributed by atoms with E-state index in [0.29, 0.717) is 22.1 Å². The Hall–Kier alpha value is -3.22. The molecule has 1 saturated heterocycles. The highest BCUT2D eigenvalue weighted by atomic mass is 32.2. The largest absolute Gasteiger partial charge is 0.462 e. The van der Waals surface area contributed by atoms with Gasteiger partial charge in [-0.3, -0.25) is 9.59 Å². The second kappa shape index (κ2) is 9.94. The van der Waals surface area contributed by atoms with Crippen LogP contribution in [0.4, 0.5) is 11.4 Å². The Kier molecular flexibility index (Phi) is 7.28. The first-order valence-corrected chi connectivity index (χ1v) is 11.8. The zero-order chi connectivity index (χ0) is 23.3. The van der Waals surface area contributed by atoms with Gasteiger partial charge >= 0.3 is 5.97 Å². The Morgan fingerprint density at radius 1 is 1.16 bits per heavy atom. The molecule has 3 rings (SSSR count). The van der Waals surface area contributed by atoms with Crippen molar-refractivity contribution in [2.75, 3.05) is 11.9 Å². The van der Waals surface area contributed by atoms with Crippen LogP contribution in [0.5, 0.6) is 0 Å². The van der Waals surface area contributed by atoms with Crippen LogP contribution in [0.2, 0.25) is 0 Å². The van der Waals surface area contributed by atoms with E-state index in [9.17, 15) is 22.8 Å². The number of rotatable bonds is 7. The van der Waals surface area contributed by atoms with Gasteiger partial charge in [0.15, 0.2) is 5.17 Å². The number of benzene rings is 2. The summed E-state index contributed by atoms with van der Waals surface area (Å²) in [6.45, 7) is 1.98. The highest BCUT2D eigenvalue weighted by Crippen LogP contribution is 2.26. The van der Waals surface area contributed by atoms with Crippen LogP contribution in [-0.4, -0.2) is 43.2 Å². The third kappa shape index (κ3) is 6.15. The number of carbonyl (C=O) groups excluding carboxylic acids is 3. The average Bonchev–Trinajstić information content (AvgIpc) is 3.07. The SMILES string of the molecule is CCOC(=O)c1ccc(NC(=O)CC2SC(=Nc3ccc(S(N)(=O)=O)cc3)NC2=O)cc1. The fourth-order valence-corrected chi connectivity index (χ4v) is 4.21. The average molecular weight is 477 g/mol. The van der Waals surface area contributed by atoms with E-state index in [1.165, 1.54) is 36.4 Å². The molecule has 1 atom stereocenters. The normalized spacial score (nSPS) is 17.1. The molecule has 168 valence electrons. The zero-order valence-corrected chi connectivity index (χ0v) is 18.5. The molecule has 1 aliphatic rings. The van der Waals surface area contributed by atoms with Gasteiger partial charge in [-0.2, -0.15) is 0 Å². The summed E-state index contributed by atoms with van der Waals surface area (Å²) in [5.74, 6) is -1.18. The van der Waals surface area contributed by atoms with Crippen LogP contribution in [-0.2, 0) is 24.3 Å². The van der Waals surface area contributed by atoms with Gasteiger partial charge in [0.05, 0.1) is 22.8 Å². The van der Waals surface area contributed by atoms with E-state index in [-0.39, 0.29) is 29.7 Å². The van der Waals surface area contributed by atoms with Gasteiger partial charge < -0.3 is 15.4 Å². The number of amides is 2. The summed E-state index contributed by atoms with van der Waals surface area (Å²) in [4.78, 5) is 40.4. The Morgan fingerprint density at radius 2 is 1.81 bits per heavy atom. The molecule has 0 aromatic heterocycles. The van der Waals surface area contributed by atoms with Crippen LogP contribution in [0.1, 0.15) is 23.7 Å². The number of nitrogens with two attached hydrogens (primary N) is 1. The number of nitrogens with zero attached hydrogens (tertiary/aromatic N) is 1. The molecule has 1 fully saturated rings. The van der Waals surface area contributed by atoms with Crippen LogP contribution >= 0.6 is 11.8 Å². The summed E-state index contributed by atoms with van der Waals surface area (Å²) in [7, 11) is -3.80. The Morgan fingerprint density at radius 3 is 2.41 bits per heavy atom. The lowest BCUT2D eigenvalue weighted by atomic mass is 10.2. The maximum Gasteiger partial charge on any atom is 0.338 e. The van der Waals surface area contributed by atoms with Crippen LogP contribution in [0.15, 0.2) is 58.4 Å². The minimum Gasteiger partial charge on any atom is -0.462 e. The molecular formula is C20H20N4O6S2. The first-order chi connectivity index (χ1) is 15.2. The number of sulfonamides is 1. The van der Waals surface area contributed by atoms with Crippen molar-refractivity contribution in [3.8, 4) is 0 Å². The summed E-state index contributed by atoms with van der Waals surface area (Å²) in [5.41, 5.74) is 1.27. The Labute approximate surface area is 188 Å². The molecule has 1 unspecified atom stereocenters. The van der Waals surface area contributed by atoms with Crippen LogP contribution in [0, 0.1) is 0 Å². The Bertz CT molecular complexity index is 1160. The first-order valence-electron chi connectivity index (χ1n) is 9.42. The van der Waals surface area contributed by atoms with Gasteiger partial charge in [0.25, 0.3) is 0 Å². The molecule has 0 aliphatic carbocycles. The summed E-state index contributed by atoms with van der Waals surface area (Å²) in [5, 5.41) is 9.97. The van der Waals surface area contributed by atoms with Gasteiger partial charge in [0.1, 0.15) is 5.25 Å². The molecule has 0 saturated carbocycles. The number of hydrogen-bond acceptors (Lipinski definition) is 8. The van der Waals surface area contributed by atoms with Crippen LogP contribution in [0.25, 0.3) is 0 Å². The van der Waals surface area contributed by atoms with E-state index < -0.39 is 21.2 Å². The number of esters is 1. The summed E-state index contributed by atoms with van der Waals surface area (Å²) >= 11 is 1.10. The molecule has 32 heavy (non-hydrogen) atoms. The van der Waals surface area contributed by atoms with Crippen molar-refractivity contribution in [2.45, 2.75) is 23.5 Å². The first kappa shape index (κ1) is 23.4. The topological polar surface area (TPSA) is 157 Å². The van der Waals surface area contributed by atoms with E-state index in [1.807, 2.05) is 0 Å². The van der Waals surface area contributed by atoms with Gasteiger partial charge in [-0.1, -0.05) is 11.8 Å². The van der Waals surface area contributed by atoms with E-state index >= 15 is 0 Å². The summed E-state index contributed by atoms with van der Waals surface area (Å²) in [6.07, 6.45) is -0.0838. The lowest BCUT2D eigenvalue weighted by Gasteiger charge is -2.08. The predicted octanol–water partition coefficient (Wildman–Crippen LogP) is 1.76. The minimum absolute atomic E-state index is 0.0469. The molecule has 1 heterocycles. The zero-order valence-electron chi connectivity index (χ0n) is 16.9. The van der Waals surface area contributed by atoms with Gasteiger partial charge in [-0.15, -0.1) is 0 Å². The van der Waals surface area contributed by atoms with Crippen molar-refractivity contribution in [2.24, 2.45) is 10.1 Å². The van der Waals surface area contributed by atoms with Gasteiger partial charge in [0, 0.05) is 12.1 Å². The quantitative estimate of drug-likeness (QED) is 0.514. The molecule has 2 aromatic rings. The second-order valence-corrected chi connectivity index (χ2v) is 9.35. The number of anilines is 1. The van der Waals surface area contributed by atoms with E-state index in [2.05, 4.69) is 15.6 Å². The highest BCUT2D eigenvalue weighted by Gasteiger charge is 2.32. The Balaban J connectivity index is 1.57. The second-order valence-electron chi connectivity index (χ2n) is 6.60. The molecule has 10 nitrogen and oxygen atoms in total. The molecule has 2 aromatic carbocycles. The molecule has 4 N–H and O–H groups in total. The number of aliphatic imine (C=N–C) groups is 1. The van der Waals surface area contributed by atoms with Crippen molar-refractivity contribution in [3.63, 3.8) is 0 Å². The van der Waals surface area contributed by atoms with Gasteiger partial charge in [-0.25, -0.2) is 23.3 Å². The lowest BCUT2D eigenvalue weighted by Crippen LogP contribution is -2.28. The number of thioether (sulfide) groups is 1. The smallest absolute Gasteiger partial charge is 0.338 e. The van der Waals surface area contributed by atoms with E-state index in [1.54, 1.807) is 19.1 Å². The monoisotopic (exact) mass is 476 g/mol. The van der Waals surface area contributed by atoms with E-state index in [0.717, 1.165) is 11.8 Å². The molecule has 2 amide bonds. The third-order valence-corrected chi connectivity index (χ3v) is 6.23. The number of nitrogens with one attached hydrogen (secondary N) is 2. The van der Waals surface area contributed by atoms with Gasteiger partial charge in [0.2, 0.25) is 21.8 Å². The van der Waals surface area contributed by atoms with Gasteiger partial charge in [-0.05, 0) is 55.5 Å². The number of ether oxygens (including phenoxy) is 1. The standard InChI is InChI=1S/C20H20N4O6S2/c1-2-30-19(27)12-3-5-13(6-4-12)22-17(25)11-16-18(26)24-20(31-16)23-14-7-9-15(10-8-14)32(21,28)29/h3-10,16H,2,11H2,1H3,(H,22,25)(H2,21,28,29)(H,23,24,26). The number of primary sulfonamides is 1. The maximum absolute atomic E-state index is 12.3. The van der Waals surface area contributed by atoms with Crippen LogP contribution in [0.3, 0.4) is 0 Å². The van der Waals surface area contributed by atoms with Crippen molar-refractivity contribution >= 4 is 56.1 Å². The van der Waals surface area contributed by atoms with Crippen molar-refractivity contribution in [1.82, 2.24) is 5.32 Å². The summed E-state index contributed by atoms with van der Waals surface area (Å²) < 4.78 is 27.5. The fourth-order valence-electron chi connectivity index (χ4n) is 2.70. The third-order valence-electron chi connectivity index (χ3n) is 4.22. The molecule has 0 radical (unpaired) electrons. The lowest BCUT2D eigenvalue weighted by molar-refractivity contribution is -0.122. The number of amidine groups is 1. The van der Waals surface area contributed by atoms with Crippen molar-refractivity contribution in [3.05, 3.63) is 54.1 Å². The fraction of sp³-hybridized carbons (Fsp3) is 0.200. The maximum atomic E-state index is 12.3. The van der Waals surface area contributed by atoms with Crippen molar-refractivity contribution < 1.29 is 27.5 Å².